The second-order valence-electron chi connectivity index (χ2n) is 7.04. The average Bonchev–Trinajstić information content (AvgIpc) is 2.62. The summed E-state index contributed by atoms with van der Waals surface area (Å²) < 4.78 is 0. The zero-order chi connectivity index (χ0) is 16.2. The summed E-state index contributed by atoms with van der Waals surface area (Å²) in [5.41, 5.74) is 8.69. The maximum Gasteiger partial charge on any atom is 0.166 e. The highest BCUT2D eigenvalue weighted by molar-refractivity contribution is 7.80. The fraction of sp³-hybridized carbons (Fsp3) is 0.632. The van der Waals surface area contributed by atoms with Crippen LogP contribution in [0.3, 0.4) is 0 Å². The molecule has 2 fully saturated rings. The van der Waals surface area contributed by atoms with Crippen molar-refractivity contribution in [2.75, 3.05) is 26.2 Å². The summed E-state index contributed by atoms with van der Waals surface area (Å²) in [5, 5.41) is 0.536. The van der Waals surface area contributed by atoms with Crippen LogP contribution in [0.4, 0.5) is 0 Å². The minimum Gasteiger partial charge on any atom is -0.376 e. The fourth-order valence-corrected chi connectivity index (χ4v) is 4.21. The van der Waals surface area contributed by atoms with Crippen LogP contribution in [0.1, 0.15) is 62.1 Å². The van der Waals surface area contributed by atoms with Gasteiger partial charge in [0.15, 0.2) is 5.11 Å². The van der Waals surface area contributed by atoms with Crippen molar-refractivity contribution in [3.8, 4) is 0 Å². The number of thiocarbonyl (C=S) groups is 1. The van der Waals surface area contributed by atoms with E-state index in [2.05, 4.69) is 41.0 Å². The lowest BCUT2D eigenvalue weighted by molar-refractivity contribution is 0.141. The molecule has 1 aromatic rings. The van der Waals surface area contributed by atoms with Crippen LogP contribution in [0.5, 0.6) is 0 Å². The van der Waals surface area contributed by atoms with Crippen LogP contribution in [0.25, 0.3) is 0 Å². The van der Waals surface area contributed by atoms with Gasteiger partial charge in [-0.2, -0.15) is 0 Å². The molecule has 1 saturated heterocycles. The molecule has 0 aromatic heterocycles. The first-order valence-electron chi connectivity index (χ1n) is 9.03. The Labute approximate surface area is 145 Å². The first-order valence-corrected chi connectivity index (χ1v) is 9.44. The normalized spacial score (nSPS) is 22.0. The van der Waals surface area contributed by atoms with Gasteiger partial charge in [-0.05, 0) is 49.0 Å². The van der Waals surface area contributed by atoms with Crippen LogP contribution in [0, 0.1) is 0 Å². The van der Waals surface area contributed by atoms with Crippen molar-refractivity contribution in [2.45, 2.75) is 51.0 Å². The molecular weight excluding hydrogens is 302 g/mol. The SMILES string of the molecule is C[C@H](c1ccc(C2CCCCC2)cc1)N1CCN(C(N)=S)CC1. The minimum atomic E-state index is 0.462. The smallest absolute Gasteiger partial charge is 0.166 e. The lowest BCUT2D eigenvalue weighted by Gasteiger charge is -2.38. The number of rotatable bonds is 3. The molecule has 3 rings (SSSR count). The van der Waals surface area contributed by atoms with Gasteiger partial charge >= 0.3 is 0 Å². The zero-order valence-electron chi connectivity index (χ0n) is 14.2. The number of hydrogen-bond acceptors (Lipinski definition) is 2. The maximum absolute atomic E-state index is 5.73. The zero-order valence-corrected chi connectivity index (χ0v) is 15.0. The summed E-state index contributed by atoms with van der Waals surface area (Å²) >= 11 is 5.07. The van der Waals surface area contributed by atoms with Crippen LogP contribution in [-0.4, -0.2) is 41.1 Å². The van der Waals surface area contributed by atoms with E-state index in [0.29, 0.717) is 11.2 Å². The van der Waals surface area contributed by atoms with Crippen molar-refractivity contribution in [1.82, 2.24) is 9.80 Å². The van der Waals surface area contributed by atoms with E-state index in [1.807, 2.05) is 0 Å². The summed E-state index contributed by atoms with van der Waals surface area (Å²) in [5.74, 6) is 0.794. The van der Waals surface area contributed by atoms with Crippen LogP contribution >= 0.6 is 12.2 Å². The molecule has 0 unspecified atom stereocenters. The summed E-state index contributed by atoms with van der Waals surface area (Å²) in [4.78, 5) is 4.63. The molecule has 1 aliphatic carbocycles. The highest BCUT2D eigenvalue weighted by Crippen LogP contribution is 2.33. The van der Waals surface area contributed by atoms with Crippen molar-refractivity contribution in [2.24, 2.45) is 5.73 Å². The molecule has 0 radical (unpaired) electrons. The molecule has 23 heavy (non-hydrogen) atoms. The van der Waals surface area contributed by atoms with Gasteiger partial charge in [-0.3, -0.25) is 4.90 Å². The third-order valence-electron chi connectivity index (χ3n) is 5.67. The topological polar surface area (TPSA) is 32.5 Å². The maximum atomic E-state index is 5.73. The Bertz CT molecular complexity index is 514. The van der Waals surface area contributed by atoms with E-state index in [1.165, 1.54) is 37.7 Å². The lowest BCUT2D eigenvalue weighted by atomic mass is 9.83. The molecule has 4 heteroatoms. The van der Waals surface area contributed by atoms with Gasteiger partial charge in [0.1, 0.15) is 0 Å². The van der Waals surface area contributed by atoms with Crippen LogP contribution in [0.2, 0.25) is 0 Å². The fourth-order valence-electron chi connectivity index (χ4n) is 4.02. The molecule has 0 amide bonds. The molecule has 1 atom stereocenters. The van der Waals surface area contributed by atoms with Gasteiger partial charge in [0, 0.05) is 32.2 Å². The van der Waals surface area contributed by atoms with Gasteiger partial charge in [-0.1, -0.05) is 43.5 Å². The first kappa shape index (κ1) is 16.7. The lowest BCUT2D eigenvalue weighted by Crippen LogP contribution is -2.50. The van der Waals surface area contributed by atoms with E-state index in [4.69, 9.17) is 18.0 Å². The molecule has 3 nitrogen and oxygen atoms in total. The molecule has 0 bridgehead atoms. The molecule has 2 aliphatic rings. The Hall–Kier alpha value is -1.13. The summed E-state index contributed by atoms with van der Waals surface area (Å²) in [6.45, 7) is 6.26. The molecular formula is C19H29N3S. The molecule has 2 N–H and O–H groups in total. The van der Waals surface area contributed by atoms with Crippen LogP contribution in [-0.2, 0) is 0 Å². The monoisotopic (exact) mass is 331 g/mol. The van der Waals surface area contributed by atoms with Crippen molar-refractivity contribution in [3.63, 3.8) is 0 Å². The van der Waals surface area contributed by atoms with E-state index < -0.39 is 0 Å². The largest absolute Gasteiger partial charge is 0.376 e. The number of hydrogen-bond donors (Lipinski definition) is 1. The predicted octanol–water partition coefficient (Wildman–Crippen LogP) is 3.66. The highest BCUT2D eigenvalue weighted by atomic mass is 32.1. The number of nitrogens with two attached hydrogens (primary N) is 1. The molecule has 1 saturated carbocycles. The highest BCUT2D eigenvalue weighted by Gasteiger charge is 2.23. The number of benzene rings is 1. The predicted molar refractivity (Wildman–Crippen MR) is 101 cm³/mol. The molecule has 1 aromatic carbocycles. The number of nitrogens with zero attached hydrogens (tertiary/aromatic N) is 2. The second kappa shape index (κ2) is 7.63. The Morgan fingerprint density at radius 1 is 1.04 bits per heavy atom. The third kappa shape index (κ3) is 4.04. The van der Waals surface area contributed by atoms with E-state index in [-0.39, 0.29) is 0 Å². The first-order chi connectivity index (χ1) is 11.1. The minimum absolute atomic E-state index is 0.462. The van der Waals surface area contributed by atoms with E-state index in [1.54, 1.807) is 5.56 Å². The van der Waals surface area contributed by atoms with Gasteiger partial charge < -0.3 is 10.6 Å². The molecule has 126 valence electrons. The van der Waals surface area contributed by atoms with Gasteiger partial charge in [-0.15, -0.1) is 0 Å². The Balaban J connectivity index is 1.59. The molecule has 1 aliphatic heterocycles. The van der Waals surface area contributed by atoms with E-state index in [0.717, 1.165) is 32.1 Å². The second-order valence-corrected chi connectivity index (χ2v) is 7.46. The summed E-state index contributed by atoms with van der Waals surface area (Å²) in [6, 6.07) is 9.88. The Morgan fingerprint density at radius 3 is 2.22 bits per heavy atom. The average molecular weight is 332 g/mol. The van der Waals surface area contributed by atoms with Crippen LogP contribution < -0.4 is 5.73 Å². The standard InChI is InChI=1S/C19H29N3S/c1-15(21-11-13-22(14-12-21)19(20)23)16-7-9-18(10-8-16)17-5-3-2-4-6-17/h7-10,15,17H,2-6,11-14H2,1H3,(H2,20,23)/t15-/m1/s1. The third-order valence-corrected chi connectivity index (χ3v) is 5.93. The van der Waals surface area contributed by atoms with E-state index in [9.17, 15) is 0 Å². The quantitative estimate of drug-likeness (QED) is 0.857. The van der Waals surface area contributed by atoms with E-state index >= 15 is 0 Å². The van der Waals surface area contributed by atoms with Crippen LogP contribution in [0.15, 0.2) is 24.3 Å². The van der Waals surface area contributed by atoms with Crippen molar-refractivity contribution in [1.29, 1.82) is 0 Å². The molecule has 0 spiro atoms. The van der Waals surface area contributed by atoms with Gasteiger partial charge in [0.25, 0.3) is 0 Å². The van der Waals surface area contributed by atoms with Gasteiger partial charge in [0.05, 0.1) is 0 Å². The van der Waals surface area contributed by atoms with Crippen molar-refractivity contribution in [3.05, 3.63) is 35.4 Å². The Morgan fingerprint density at radius 2 is 1.65 bits per heavy atom. The summed E-state index contributed by atoms with van der Waals surface area (Å²) in [6.07, 6.45) is 6.96. The Kier molecular flexibility index (Phi) is 5.54. The van der Waals surface area contributed by atoms with Gasteiger partial charge in [0.2, 0.25) is 0 Å². The summed E-state index contributed by atoms with van der Waals surface area (Å²) in [7, 11) is 0. The van der Waals surface area contributed by atoms with Crippen molar-refractivity contribution < 1.29 is 0 Å². The van der Waals surface area contributed by atoms with Gasteiger partial charge in [-0.25, -0.2) is 0 Å². The number of piperazine rings is 1. The van der Waals surface area contributed by atoms with Crippen molar-refractivity contribution >= 4 is 17.3 Å². The molecule has 1 heterocycles.